The summed E-state index contributed by atoms with van der Waals surface area (Å²) in [6.45, 7) is 0.469. The zero-order valence-corrected chi connectivity index (χ0v) is 14.7. The summed E-state index contributed by atoms with van der Waals surface area (Å²) in [5.74, 6) is 0.938. The number of aryl methyl sites for hydroxylation is 1. The van der Waals surface area contributed by atoms with Gasteiger partial charge in [0.1, 0.15) is 5.75 Å². The quantitative estimate of drug-likeness (QED) is 0.800. The van der Waals surface area contributed by atoms with Crippen molar-refractivity contribution in [2.24, 2.45) is 0 Å². The van der Waals surface area contributed by atoms with Crippen molar-refractivity contribution in [3.63, 3.8) is 0 Å². The van der Waals surface area contributed by atoms with E-state index >= 15 is 0 Å². The van der Waals surface area contributed by atoms with Crippen LogP contribution in [0.15, 0.2) is 54.6 Å². The van der Waals surface area contributed by atoms with Gasteiger partial charge in [0.2, 0.25) is 10.0 Å². The van der Waals surface area contributed by atoms with Crippen molar-refractivity contribution in [2.75, 3.05) is 19.4 Å². The minimum Gasteiger partial charge on any atom is -0.497 e. The van der Waals surface area contributed by atoms with Crippen molar-refractivity contribution in [3.05, 3.63) is 65.7 Å². The van der Waals surface area contributed by atoms with Crippen molar-refractivity contribution in [2.45, 2.75) is 24.7 Å². The van der Waals surface area contributed by atoms with Crippen LogP contribution in [0, 0.1) is 0 Å². The number of ether oxygens (including phenoxy) is 1. The number of rotatable bonds is 8. The summed E-state index contributed by atoms with van der Waals surface area (Å²) in [6.07, 6.45) is 2.56. The zero-order valence-electron chi connectivity index (χ0n) is 13.9. The molecule has 0 amide bonds. The van der Waals surface area contributed by atoms with Gasteiger partial charge in [0, 0.05) is 12.0 Å². The summed E-state index contributed by atoms with van der Waals surface area (Å²) in [6, 6.07) is 17.6. The first-order valence-corrected chi connectivity index (χ1v) is 9.84. The molecule has 0 spiro atoms. The lowest BCUT2D eigenvalue weighted by molar-refractivity contribution is 0.414. The molecule has 1 aliphatic carbocycles. The smallest absolute Gasteiger partial charge is 0.211 e. The Bertz CT molecular complexity index is 766. The summed E-state index contributed by atoms with van der Waals surface area (Å²) in [4.78, 5) is 0. The number of hydrogen-bond donors (Lipinski definition) is 1. The molecule has 1 saturated carbocycles. The molecule has 5 heteroatoms. The molecule has 128 valence electrons. The molecule has 0 radical (unpaired) electrons. The maximum Gasteiger partial charge on any atom is 0.211 e. The summed E-state index contributed by atoms with van der Waals surface area (Å²) in [5, 5.41) is 0. The van der Waals surface area contributed by atoms with Crippen LogP contribution in [0.3, 0.4) is 0 Å². The van der Waals surface area contributed by atoms with E-state index in [0.29, 0.717) is 13.0 Å². The van der Waals surface area contributed by atoms with E-state index in [1.165, 1.54) is 5.56 Å². The average Bonchev–Trinajstić information content (AvgIpc) is 3.41. The van der Waals surface area contributed by atoms with Gasteiger partial charge in [-0.25, -0.2) is 13.1 Å². The maximum absolute atomic E-state index is 12.3. The van der Waals surface area contributed by atoms with Crippen LogP contribution in [0.2, 0.25) is 0 Å². The molecule has 0 saturated heterocycles. The monoisotopic (exact) mass is 345 g/mol. The van der Waals surface area contributed by atoms with Gasteiger partial charge in [-0.1, -0.05) is 42.5 Å². The number of methoxy groups -OCH3 is 1. The van der Waals surface area contributed by atoms with Crippen molar-refractivity contribution in [1.82, 2.24) is 4.72 Å². The topological polar surface area (TPSA) is 55.4 Å². The second-order valence-electron chi connectivity index (χ2n) is 6.38. The van der Waals surface area contributed by atoms with Crippen molar-refractivity contribution < 1.29 is 13.2 Å². The van der Waals surface area contributed by atoms with Gasteiger partial charge < -0.3 is 4.74 Å². The number of hydrogen-bond acceptors (Lipinski definition) is 3. The third-order valence-electron chi connectivity index (χ3n) is 4.69. The Morgan fingerprint density at radius 3 is 2.29 bits per heavy atom. The van der Waals surface area contributed by atoms with Crippen LogP contribution in [0.25, 0.3) is 0 Å². The molecule has 3 rings (SSSR count). The Morgan fingerprint density at radius 2 is 1.71 bits per heavy atom. The first-order chi connectivity index (χ1) is 11.5. The van der Waals surface area contributed by atoms with Gasteiger partial charge in [-0.3, -0.25) is 0 Å². The molecule has 1 N–H and O–H groups in total. The molecule has 0 aromatic heterocycles. The first kappa shape index (κ1) is 17.0. The lowest BCUT2D eigenvalue weighted by Crippen LogP contribution is -2.34. The van der Waals surface area contributed by atoms with Crippen LogP contribution >= 0.6 is 0 Å². The molecule has 0 bridgehead atoms. The SMILES string of the molecule is COc1ccc(C2(CNS(=O)(=O)CCc3ccccc3)CC2)cc1. The number of sulfonamides is 1. The van der Waals surface area contributed by atoms with E-state index in [4.69, 9.17) is 4.74 Å². The molecule has 2 aromatic carbocycles. The molecule has 0 aliphatic heterocycles. The Balaban J connectivity index is 1.57. The Labute approximate surface area is 143 Å². The van der Waals surface area contributed by atoms with Crippen LogP contribution in [-0.4, -0.2) is 27.8 Å². The van der Waals surface area contributed by atoms with Gasteiger partial charge in [-0.2, -0.15) is 0 Å². The van der Waals surface area contributed by atoms with Crippen LogP contribution in [0.1, 0.15) is 24.0 Å². The highest BCUT2D eigenvalue weighted by Gasteiger charge is 2.44. The average molecular weight is 345 g/mol. The van der Waals surface area contributed by atoms with Crippen LogP contribution in [-0.2, 0) is 21.9 Å². The van der Waals surface area contributed by atoms with Gasteiger partial charge in [0.15, 0.2) is 0 Å². The highest BCUT2D eigenvalue weighted by Crippen LogP contribution is 2.48. The van der Waals surface area contributed by atoms with Crippen LogP contribution in [0.4, 0.5) is 0 Å². The van der Waals surface area contributed by atoms with Gasteiger partial charge >= 0.3 is 0 Å². The van der Waals surface area contributed by atoms with E-state index in [-0.39, 0.29) is 11.2 Å². The van der Waals surface area contributed by atoms with Crippen LogP contribution < -0.4 is 9.46 Å². The largest absolute Gasteiger partial charge is 0.497 e. The summed E-state index contributed by atoms with van der Waals surface area (Å²) >= 11 is 0. The second kappa shape index (κ2) is 6.95. The third-order valence-corrected chi connectivity index (χ3v) is 6.01. The van der Waals surface area contributed by atoms with E-state index in [1.54, 1.807) is 7.11 Å². The minimum absolute atomic E-state index is 0.0495. The van der Waals surface area contributed by atoms with Gasteiger partial charge in [0.05, 0.1) is 12.9 Å². The second-order valence-corrected chi connectivity index (χ2v) is 8.31. The lowest BCUT2D eigenvalue weighted by Gasteiger charge is -2.17. The molecule has 2 aromatic rings. The molecule has 1 aliphatic rings. The minimum atomic E-state index is -3.27. The molecular formula is C19H23NO3S. The normalized spacial score (nSPS) is 15.9. The first-order valence-electron chi connectivity index (χ1n) is 8.19. The fraction of sp³-hybridized carbons (Fsp3) is 0.368. The summed E-state index contributed by atoms with van der Waals surface area (Å²) in [7, 11) is -1.63. The standard InChI is InChI=1S/C19H23NO3S/c1-23-18-9-7-17(8-10-18)19(12-13-19)15-20-24(21,22)14-11-16-5-3-2-4-6-16/h2-10,20H,11-15H2,1H3. The lowest BCUT2D eigenvalue weighted by atomic mass is 9.96. The highest BCUT2D eigenvalue weighted by molar-refractivity contribution is 7.89. The zero-order chi connectivity index (χ0) is 17.0. The van der Waals surface area contributed by atoms with Gasteiger partial charge in [-0.05, 0) is 42.5 Å². The molecule has 0 atom stereocenters. The van der Waals surface area contributed by atoms with Gasteiger partial charge in [-0.15, -0.1) is 0 Å². The van der Waals surface area contributed by atoms with E-state index in [9.17, 15) is 8.42 Å². The van der Waals surface area contributed by atoms with Crippen molar-refractivity contribution in [1.29, 1.82) is 0 Å². The van der Waals surface area contributed by atoms with Crippen molar-refractivity contribution >= 4 is 10.0 Å². The Morgan fingerprint density at radius 1 is 1.04 bits per heavy atom. The molecule has 24 heavy (non-hydrogen) atoms. The molecule has 4 nitrogen and oxygen atoms in total. The number of benzene rings is 2. The van der Waals surface area contributed by atoms with E-state index < -0.39 is 10.0 Å². The fourth-order valence-corrected chi connectivity index (χ4v) is 4.03. The predicted octanol–water partition coefficient (Wildman–Crippen LogP) is 2.89. The van der Waals surface area contributed by atoms with Crippen LogP contribution in [0.5, 0.6) is 5.75 Å². The molecule has 0 unspecified atom stereocenters. The van der Waals surface area contributed by atoms with Crippen molar-refractivity contribution in [3.8, 4) is 5.75 Å². The van der Waals surface area contributed by atoms with E-state index in [2.05, 4.69) is 4.72 Å². The van der Waals surface area contributed by atoms with E-state index in [1.807, 2.05) is 54.6 Å². The summed E-state index contributed by atoms with van der Waals surface area (Å²) in [5.41, 5.74) is 2.17. The Hall–Kier alpha value is -1.85. The fourth-order valence-electron chi connectivity index (χ4n) is 2.88. The third kappa shape index (κ3) is 4.16. The molecule has 0 heterocycles. The molecular weight excluding hydrogens is 322 g/mol. The maximum atomic E-state index is 12.3. The van der Waals surface area contributed by atoms with Gasteiger partial charge in [0.25, 0.3) is 0 Å². The highest BCUT2D eigenvalue weighted by atomic mass is 32.2. The summed E-state index contributed by atoms with van der Waals surface area (Å²) < 4.78 is 32.5. The van der Waals surface area contributed by atoms with E-state index in [0.717, 1.165) is 24.2 Å². The predicted molar refractivity (Wildman–Crippen MR) is 95.8 cm³/mol. The molecule has 1 fully saturated rings. The number of nitrogens with one attached hydrogen (secondary N) is 1. The Kier molecular flexibility index (Phi) is 4.92.